The Hall–Kier alpha value is -1.28. The number of nitrogens with one attached hydrogen (secondary N) is 2. The number of benzene rings is 1. The minimum Gasteiger partial charge on any atom is -0.307 e. The van der Waals surface area contributed by atoms with E-state index >= 15 is 0 Å². The van der Waals surface area contributed by atoms with Crippen LogP contribution in [0.3, 0.4) is 0 Å². The zero-order valence-electron chi connectivity index (χ0n) is 13.0. The average Bonchev–Trinajstić information content (AvgIpc) is 2.89. The van der Waals surface area contributed by atoms with Crippen LogP contribution in [0.5, 0.6) is 0 Å². The second-order valence-corrected chi connectivity index (χ2v) is 8.42. The maximum atomic E-state index is 12.5. The molecular formula is C15H21N3O2S2. The maximum Gasteiger partial charge on any atom is 0.241 e. The van der Waals surface area contributed by atoms with Crippen LogP contribution in [-0.2, 0) is 23.1 Å². The Morgan fingerprint density at radius 3 is 2.55 bits per heavy atom. The van der Waals surface area contributed by atoms with Crippen LogP contribution in [0.4, 0.5) is 0 Å². The van der Waals surface area contributed by atoms with E-state index in [1.165, 1.54) is 0 Å². The van der Waals surface area contributed by atoms with E-state index in [-0.39, 0.29) is 0 Å². The Labute approximate surface area is 135 Å². The summed E-state index contributed by atoms with van der Waals surface area (Å²) in [5, 5.41) is 5.20. The van der Waals surface area contributed by atoms with Gasteiger partial charge in [-0.05, 0) is 32.4 Å². The molecule has 120 valence electrons. The molecule has 1 heterocycles. The van der Waals surface area contributed by atoms with Gasteiger partial charge in [0.15, 0.2) is 0 Å². The molecule has 0 aliphatic carbocycles. The van der Waals surface area contributed by atoms with E-state index in [0.717, 1.165) is 11.3 Å². The standard InChI is InChI=1S/C15H21N3O2S2/c1-15(2,3)18-22(19,20)14-7-5-4-6-12(14)8-16-9-13-10-21-11-17-13/h4-7,10-11,16,18H,8-9H2,1-3H3. The van der Waals surface area contributed by atoms with Gasteiger partial charge in [-0.15, -0.1) is 11.3 Å². The zero-order chi connectivity index (χ0) is 16.2. The van der Waals surface area contributed by atoms with Crippen molar-refractivity contribution >= 4 is 21.4 Å². The van der Waals surface area contributed by atoms with Crippen LogP contribution in [0.2, 0.25) is 0 Å². The first kappa shape index (κ1) is 17.1. The monoisotopic (exact) mass is 339 g/mol. The summed E-state index contributed by atoms with van der Waals surface area (Å²) < 4.78 is 27.7. The normalized spacial score (nSPS) is 12.5. The first-order valence-electron chi connectivity index (χ1n) is 6.98. The predicted molar refractivity (Wildman–Crippen MR) is 89.2 cm³/mol. The van der Waals surface area contributed by atoms with Crippen LogP contribution < -0.4 is 10.0 Å². The fourth-order valence-corrected chi connectivity index (χ4v) is 4.24. The van der Waals surface area contributed by atoms with E-state index in [1.54, 1.807) is 29.0 Å². The minimum atomic E-state index is -3.54. The van der Waals surface area contributed by atoms with Gasteiger partial charge in [0.25, 0.3) is 0 Å². The summed E-state index contributed by atoms with van der Waals surface area (Å²) in [5.74, 6) is 0. The number of thiazole rings is 1. The molecule has 0 bridgehead atoms. The summed E-state index contributed by atoms with van der Waals surface area (Å²) in [5.41, 5.74) is 2.97. The van der Waals surface area contributed by atoms with Crippen LogP contribution in [0.15, 0.2) is 40.1 Å². The molecular weight excluding hydrogens is 318 g/mol. The van der Waals surface area contributed by atoms with Crippen LogP contribution in [0.25, 0.3) is 0 Å². The average molecular weight is 339 g/mol. The number of sulfonamides is 1. The van der Waals surface area contributed by atoms with Crippen molar-refractivity contribution in [2.45, 2.75) is 44.3 Å². The quantitative estimate of drug-likeness (QED) is 0.848. The summed E-state index contributed by atoms with van der Waals surface area (Å²) in [7, 11) is -3.54. The van der Waals surface area contributed by atoms with Gasteiger partial charge in [-0.2, -0.15) is 0 Å². The van der Waals surface area contributed by atoms with E-state index in [0.29, 0.717) is 18.0 Å². The van der Waals surface area contributed by atoms with E-state index in [1.807, 2.05) is 38.3 Å². The highest BCUT2D eigenvalue weighted by Crippen LogP contribution is 2.17. The second-order valence-electron chi connectivity index (χ2n) is 6.05. The van der Waals surface area contributed by atoms with Crippen LogP contribution in [-0.4, -0.2) is 18.9 Å². The second kappa shape index (κ2) is 6.87. The first-order valence-corrected chi connectivity index (χ1v) is 9.40. The van der Waals surface area contributed by atoms with Crippen molar-refractivity contribution in [3.63, 3.8) is 0 Å². The van der Waals surface area contributed by atoms with Gasteiger partial charge in [0.1, 0.15) is 0 Å². The molecule has 0 amide bonds. The van der Waals surface area contributed by atoms with Crippen LogP contribution in [0.1, 0.15) is 32.0 Å². The van der Waals surface area contributed by atoms with Gasteiger partial charge in [-0.1, -0.05) is 18.2 Å². The highest BCUT2D eigenvalue weighted by Gasteiger charge is 2.23. The Morgan fingerprint density at radius 2 is 1.91 bits per heavy atom. The Bertz CT molecular complexity index is 705. The third kappa shape index (κ3) is 4.88. The van der Waals surface area contributed by atoms with Crippen molar-refractivity contribution < 1.29 is 8.42 Å². The van der Waals surface area contributed by atoms with E-state index < -0.39 is 15.6 Å². The maximum absolute atomic E-state index is 12.5. The fourth-order valence-electron chi connectivity index (χ4n) is 2.02. The third-order valence-corrected chi connectivity index (χ3v) is 5.30. The van der Waals surface area contributed by atoms with Crippen molar-refractivity contribution in [3.8, 4) is 0 Å². The largest absolute Gasteiger partial charge is 0.307 e. The molecule has 7 heteroatoms. The van der Waals surface area contributed by atoms with Gasteiger partial charge >= 0.3 is 0 Å². The SMILES string of the molecule is CC(C)(C)NS(=O)(=O)c1ccccc1CNCc1cscn1. The molecule has 0 atom stereocenters. The molecule has 2 rings (SSSR count). The van der Waals surface area contributed by atoms with Crippen LogP contribution >= 0.6 is 11.3 Å². The molecule has 0 radical (unpaired) electrons. The molecule has 0 unspecified atom stereocenters. The lowest BCUT2D eigenvalue weighted by Gasteiger charge is -2.21. The van der Waals surface area contributed by atoms with Crippen molar-refractivity contribution in [2.24, 2.45) is 0 Å². The molecule has 0 saturated heterocycles. The molecule has 1 aromatic carbocycles. The summed E-state index contributed by atoms with van der Waals surface area (Å²) in [4.78, 5) is 4.51. The van der Waals surface area contributed by atoms with Crippen molar-refractivity contribution in [2.75, 3.05) is 0 Å². The van der Waals surface area contributed by atoms with Gasteiger partial charge in [-0.25, -0.2) is 18.1 Å². The van der Waals surface area contributed by atoms with Crippen molar-refractivity contribution in [1.82, 2.24) is 15.0 Å². The Balaban J connectivity index is 2.12. The Kier molecular flexibility index (Phi) is 5.33. The summed E-state index contributed by atoms with van der Waals surface area (Å²) in [6.07, 6.45) is 0. The van der Waals surface area contributed by atoms with Gasteiger partial charge in [-0.3, -0.25) is 0 Å². The molecule has 0 aliphatic heterocycles. The molecule has 0 saturated carbocycles. The molecule has 5 nitrogen and oxygen atoms in total. The topological polar surface area (TPSA) is 71.1 Å². The van der Waals surface area contributed by atoms with Gasteiger partial charge in [0.2, 0.25) is 10.0 Å². The van der Waals surface area contributed by atoms with E-state index in [2.05, 4.69) is 15.0 Å². The molecule has 22 heavy (non-hydrogen) atoms. The first-order chi connectivity index (χ1) is 10.3. The zero-order valence-corrected chi connectivity index (χ0v) is 14.6. The minimum absolute atomic E-state index is 0.315. The lowest BCUT2D eigenvalue weighted by atomic mass is 10.1. The highest BCUT2D eigenvalue weighted by atomic mass is 32.2. The molecule has 0 spiro atoms. The summed E-state index contributed by atoms with van der Waals surface area (Å²) in [6.45, 7) is 6.57. The van der Waals surface area contributed by atoms with E-state index in [4.69, 9.17) is 0 Å². The highest BCUT2D eigenvalue weighted by molar-refractivity contribution is 7.89. The van der Waals surface area contributed by atoms with Gasteiger partial charge < -0.3 is 5.32 Å². The number of rotatable bonds is 6. The molecule has 0 aliphatic rings. The molecule has 2 N–H and O–H groups in total. The smallest absolute Gasteiger partial charge is 0.241 e. The molecule has 2 aromatic rings. The summed E-state index contributed by atoms with van der Waals surface area (Å²) >= 11 is 1.54. The molecule has 0 fully saturated rings. The third-order valence-electron chi connectivity index (χ3n) is 2.81. The van der Waals surface area contributed by atoms with Gasteiger partial charge in [0.05, 0.1) is 16.1 Å². The number of hydrogen-bond donors (Lipinski definition) is 2. The van der Waals surface area contributed by atoms with E-state index in [9.17, 15) is 8.42 Å². The van der Waals surface area contributed by atoms with Gasteiger partial charge in [0, 0.05) is 24.0 Å². The number of hydrogen-bond acceptors (Lipinski definition) is 5. The lowest BCUT2D eigenvalue weighted by Crippen LogP contribution is -2.40. The summed E-state index contributed by atoms with van der Waals surface area (Å²) in [6, 6.07) is 7.04. The lowest BCUT2D eigenvalue weighted by molar-refractivity contribution is 0.490. The van der Waals surface area contributed by atoms with Crippen molar-refractivity contribution in [3.05, 3.63) is 46.4 Å². The van der Waals surface area contributed by atoms with Crippen LogP contribution in [0, 0.1) is 0 Å². The van der Waals surface area contributed by atoms with Crippen molar-refractivity contribution in [1.29, 1.82) is 0 Å². The molecule has 1 aromatic heterocycles. The number of nitrogens with zero attached hydrogens (tertiary/aromatic N) is 1. The fraction of sp³-hybridized carbons (Fsp3) is 0.400. The Morgan fingerprint density at radius 1 is 1.18 bits per heavy atom. The number of aromatic nitrogens is 1. The predicted octanol–water partition coefficient (Wildman–Crippen LogP) is 2.51.